The van der Waals surface area contributed by atoms with Gasteiger partial charge < -0.3 is 20.1 Å². The topological polar surface area (TPSA) is 105 Å². The molecule has 0 aliphatic rings. The number of benzene rings is 1. The molecule has 0 spiro atoms. The number of aromatic nitrogens is 2. The van der Waals surface area contributed by atoms with E-state index in [1.54, 1.807) is 19.2 Å². The van der Waals surface area contributed by atoms with Crippen LogP contribution in [0.4, 0.5) is 5.82 Å². The molecule has 1 aromatic heterocycles. The molecule has 0 saturated carbocycles. The van der Waals surface area contributed by atoms with E-state index in [9.17, 15) is 9.59 Å². The standard InChI is InChI=1S/C14H16N4O4/c1-21-10-4-2-3-5-11(10)22-9-8-15-13(19)14(20)17-12-6-7-16-18-12/h2-7H,8-9H2,1H3,(H,15,19)(H2,16,17,18,20). The molecule has 8 nitrogen and oxygen atoms in total. The van der Waals surface area contributed by atoms with Gasteiger partial charge in [-0.05, 0) is 12.1 Å². The normalized spacial score (nSPS) is 9.86. The van der Waals surface area contributed by atoms with Crippen LogP contribution in [0, 0.1) is 0 Å². The molecule has 116 valence electrons. The fourth-order valence-corrected chi connectivity index (χ4v) is 1.65. The molecule has 2 aromatic rings. The first kappa shape index (κ1) is 15.4. The highest BCUT2D eigenvalue weighted by Gasteiger charge is 2.13. The summed E-state index contributed by atoms with van der Waals surface area (Å²) in [5, 5.41) is 11.0. The lowest BCUT2D eigenvalue weighted by atomic mass is 10.3. The maximum Gasteiger partial charge on any atom is 0.314 e. The monoisotopic (exact) mass is 304 g/mol. The number of aromatic amines is 1. The number of nitrogens with one attached hydrogen (secondary N) is 3. The molecule has 2 rings (SSSR count). The third-order valence-electron chi connectivity index (χ3n) is 2.67. The smallest absolute Gasteiger partial charge is 0.314 e. The largest absolute Gasteiger partial charge is 0.493 e. The number of carbonyl (C=O) groups excluding carboxylic acids is 2. The SMILES string of the molecule is COc1ccccc1OCCNC(=O)C(=O)Nc1ccn[nH]1. The van der Waals surface area contributed by atoms with Crippen molar-refractivity contribution >= 4 is 17.6 Å². The number of anilines is 1. The second-order valence-electron chi connectivity index (χ2n) is 4.18. The van der Waals surface area contributed by atoms with E-state index in [4.69, 9.17) is 9.47 Å². The van der Waals surface area contributed by atoms with Gasteiger partial charge in [0.15, 0.2) is 11.5 Å². The van der Waals surface area contributed by atoms with Gasteiger partial charge in [-0.3, -0.25) is 14.7 Å². The predicted molar refractivity (Wildman–Crippen MR) is 78.7 cm³/mol. The zero-order chi connectivity index (χ0) is 15.8. The number of carbonyl (C=O) groups is 2. The maximum absolute atomic E-state index is 11.6. The number of methoxy groups -OCH3 is 1. The summed E-state index contributed by atoms with van der Waals surface area (Å²) in [4.78, 5) is 23.1. The molecular formula is C14H16N4O4. The summed E-state index contributed by atoms with van der Waals surface area (Å²) in [5.41, 5.74) is 0. The van der Waals surface area contributed by atoms with Crippen LogP contribution >= 0.6 is 0 Å². The van der Waals surface area contributed by atoms with Crippen LogP contribution in [0.2, 0.25) is 0 Å². The van der Waals surface area contributed by atoms with Crippen LogP contribution in [0.1, 0.15) is 0 Å². The van der Waals surface area contributed by atoms with E-state index in [2.05, 4.69) is 20.8 Å². The molecule has 1 aromatic carbocycles. The molecule has 0 bridgehead atoms. The molecule has 0 saturated heterocycles. The van der Waals surface area contributed by atoms with Crippen LogP contribution in [0.25, 0.3) is 0 Å². The van der Waals surface area contributed by atoms with Crippen LogP contribution in [0.15, 0.2) is 36.5 Å². The molecule has 0 unspecified atom stereocenters. The van der Waals surface area contributed by atoms with Gasteiger partial charge in [0.25, 0.3) is 0 Å². The molecule has 0 aliphatic carbocycles. The summed E-state index contributed by atoms with van der Waals surface area (Å²) in [5.74, 6) is -0.00262. The van der Waals surface area contributed by atoms with Crippen LogP contribution in [0.5, 0.6) is 11.5 Å². The summed E-state index contributed by atoms with van der Waals surface area (Å²) >= 11 is 0. The van der Waals surface area contributed by atoms with E-state index in [1.807, 2.05) is 12.1 Å². The Labute approximate surface area is 126 Å². The maximum atomic E-state index is 11.6. The minimum Gasteiger partial charge on any atom is -0.493 e. The van der Waals surface area contributed by atoms with E-state index in [0.717, 1.165) is 0 Å². The molecule has 22 heavy (non-hydrogen) atoms. The van der Waals surface area contributed by atoms with Gasteiger partial charge in [-0.15, -0.1) is 0 Å². The Bertz CT molecular complexity index is 628. The van der Waals surface area contributed by atoms with E-state index in [-0.39, 0.29) is 13.2 Å². The lowest BCUT2D eigenvalue weighted by Gasteiger charge is -2.10. The highest BCUT2D eigenvalue weighted by molar-refractivity contribution is 6.39. The number of H-pyrrole nitrogens is 1. The van der Waals surface area contributed by atoms with Gasteiger partial charge in [-0.25, -0.2) is 0 Å². The summed E-state index contributed by atoms with van der Waals surface area (Å²) < 4.78 is 10.6. The lowest BCUT2D eigenvalue weighted by molar-refractivity contribution is -0.136. The molecule has 1 heterocycles. The Kier molecular flexibility index (Phi) is 5.36. The van der Waals surface area contributed by atoms with Crippen molar-refractivity contribution in [3.05, 3.63) is 36.5 Å². The van der Waals surface area contributed by atoms with Gasteiger partial charge in [0.05, 0.1) is 19.9 Å². The number of rotatable bonds is 6. The zero-order valence-electron chi connectivity index (χ0n) is 12.0. The first-order valence-corrected chi connectivity index (χ1v) is 6.55. The van der Waals surface area contributed by atoms with Crippen molar-refractivity contribution in [3.8, 4) is 11.5 Å². The third kappa shape index (κ3) is 4.23. The van der Waals surface area contributed by atoms with E-state index in [0.29, 0.717) is 17.3 Å². The fourth-order valence-electron chi connectivity index (χ4n) is 1.65. The fraction of sp³-hybridized carbons (Fsp3) is 0.214. The number of ether oxygens (including phenoxy) is 2. The molecule has 0 fully saturated rings. The van der Waals surface area contributed by atoms with Crippen molar-refractivity contribution in [3.63, 3.8) is 0 Å². The van der Waals surface area contributed by atoms with Crippen molar-refractivity contribution in [2.24, 2.45) is 0 Å². The van der Waals surface area contributed by atoms with Crippen molar-refractivity contribution in [1.29, 1.82) is 0 Å². The quantitative estimate of drug-likeness (QED) is 0.534. The summed E-state index contributed by atoms with van der Waals surface area (Å²) in [6.07, 6.45) is 1.47. The molecular weight excluding hydrogens is 288 g/mol. The second kappa shape index (κ2) is 7.67. The number of hydrogen-bond donors (Lipinski definition) is 3. The van der Waals surface area contributed by atoms with Gasteiger partial charge in [0.1, 0.15) is 12.4 Å². The first-order valence-electron chi connectivity index (χ1n) is 6.55. The van der Waals surface area contributed by atoms with Crippen LogP contribution < -0.4 is 20.1 Å². The number of nitrogens with zero attached hydrogens (tertiary/aromatic N) is 1. The van der Waals surface area contributed by atoms with Gasteiger partial charge in [-0.1, -0.05) is 12.1 Å². The predicted octanol–water partition coefficient (Wildman–Crippen LogP) is 0.552. The van der Waals surface area contributed by atoms with Crippen molar-refractivity contribution < 1.29 is 19.1 Å². The highest BCUT2D eigenvalue weighted by Crippen LogP contribution is 2.25. The minimum atomic E-state index is -0.776. The van der Waals surface area contributed by atoms with Crippen LogP contribution in [-0.4, -0.2) is 42.3 Å². The molecule has 8 heteroatoms. The number of para-hydroxylation sites is 2. The Morgan fingerprint density at radius 1 is 1.18 bits per heavy atom. The van der Waals surface area contributed by atoms with E-state index >= 15 is 0 Å². The Balaban J connectivity index is 1.72. The molecule has 0 atom stereocenters. The molecule has 0 aliphatic heterocycles. The van der Waals surface area contributed by atoms with Gasteiger partial charge in [0.2, 0.25) is 0 Å². The average molecular weight is 304 g/mol. The average Bonchev–Trinajstić information content (AvgIpc) is 3.04. The van der Waals surface area contributed by atoms with Crippen molar-refractivity contribution in [2.45, 2.75) is 0 Å². The van der Waals surface area contributed by atoms with E-state index in [1.165, 1.54) is 12.3 Å². The lowest BCUT2D eigenvalue weighted by Crippen LogP contribution is -2.37. The van der Waals surface area contributed by atoms with Crippen LogP contribution in [-0.2, 0) is 9.59 Å². The van der Waals surface area contributed by atoms with Gasteiger partial charge >= 0.3 is 11.8 Å². The minimum absolute atomic E-state index is 0.188. The highest BCUT2D eigenvalue weighted by atomic mass is 16.5. The van der Waals surface area contributed by atoms with Crippen molar-refractivity contribution in [2.75, 3.05) is 25.6 Å². The number of amides is 2. The van der Waals surface area contributed by atoms with Crippen LogP contribution in [0.3, 0.4) is 0 Å². The first-order chi connectivity index (χ1) is 10.7. The Morgan fingerprint density at radius 3 is 2.64 bits per heavy atom. The molecule has 2 amide bonds. The van der Waals surface area contributed by atoms with Gasteiger partial charge in [0, 0.05) is 6.07 Å². The van der Waals surface area contributed by atoms with Gasteiger partial charge in [-0.2, -0.15) is 5.10 Å². The zero-order valence-corrected chi connectivity index (χ0v) is 12.0. The molecule has 0 radical (unpaired) electrons. The third-order valence-corrected chi connectivity index (χ3v) is 2.67. The summed E-state index contributed by atoms with van der Waals surface area (Å²) in [6.45, 7) is 0.400. The Hall–Kier alpha value is -3.03. The Morgan fingerprint density at radius 2 is 1.95 bits per heavy atom. The summed E-state index contributed by atoms with van der Waals surface area (Å²) in [6, 6.07) is 8.70. The van der Waals surface area contributed by atoms with Crippen molar-refractivity contribution in [1.82, 2.24) is 15.5 Å². The summed E-state index contributed by atoms with van der Waals surface area (Å²) in [7, 11) is 1.55. The van der Waals surface area contributed by atoms with E-state index < -0.39 is 11.8 Å². The second-order valence-corrected chi connectivity index (χ2v) is 4.18. The number of hydrogen-bond acceptors (Lipinski definition) is 5. The molecule has 3 N–H and O–H groups in total.